The minimum atomic E-state index is 0.779. The number of hydrogen-bond donors (Lipinski definition) is 0. The summed E-state index contributed by atoms with van der Waals surface area (Å²) in [6.45, 7) is 0. The first kappa shape index (κ1) is 24.1. The van der Waals surface area contributed by atoms with Crippen molar-refractivity contribution in [2.45, 2.75) is 0 Å². The van der Waals surface area contributed by atoms with Crippen molar-refractivity contribution in [3.05, 3.63) is 146 Å². The van der Waals surface area contributed by atoms with Gasteiger partial charge in [0.1, 0.15) is 11.2 Å². The van der Waals surface area contributed by atoms with Crippen LogP contribution in [0.4, 0.5) is 0 Å². The number of benzene rings is 7. The van der Waals surface area contributed by atoms with Crippen LogP contribution < -0.4 is 0 Å². The smallest absolute Gasteiger partial charge is 0.178 e. The zero-order valence-corrected chi connectivity index (χ0v) is 24.6. The lowest BCUT2D eigenvalue weighted by Crippen LogP contribution is -1.93. The first-order valence-corrected chi connectivity index (χ1v) is 15.6. The molecule has 0 atom stereocenters. The zero-order chi connectivity index (χ0) is 29.9. The maximum Gasteiger partial charge on any atom is 0.178 e. The molecule has 0 amide bonds. The van der Waals surface area contributed by atoms with Gasteiger partial charge in [-0.1, -0.05) is 72.8 Å². The summed E-state index contributed by atoms with van der Waals surface area (Å²) in [7, 11) is 0. The molecule has 0 unspecified atom stereocenters. The fourth-order valence-electron chi connectivity index (χ4n) is 7.72. The van der Waals surface area contributed by atoms with Gasteiger partial charge in [-0.05, 0) is 72.8 Å². The second-order valence-electron chi connectivity index (χ2n) is 12.1. The first-order chi connectivity index (χ1) is 22.8. The molecular weight excluding hydrogens is 564 g/mol. The molecule has 0 aliphatic heterocycles. The monoisotopic (exact) mass is 588 g/mol. The first-order valence-electron chi connectivity index (χ1n) is 15.6. The van der Waals surface area contributed by atoms with Crippen LogP contribution in [-0.4, -0.2) is 9.13 Å². The van der Waals surface area contributed by atoms with Gasteiger partial charge in [0.15, 0.2) is 11.2 Å². The van der Waals surface area contributed by atoms with Gasteiger partial charge in [0.2, 0.25) is 0 Å². The number of para-hydroxylation sites is 4. The molecular formula is C42H24N2O2. The Kier molecular flexibility index (Phi) is 4.55. The Hall–Kier alpha value is -6.26. The number of hydrogen-bond acceptors (Lipinski definition) is 2. The molecule has 0 saturated heterocycles. The molecule has 4 heteroatoms. The molecule has 0 saturated carbocycles. The fourth-order valence-corrected chi connectivity index (χ4v) is 7.72. The van der Waals surface area contributed by atoms with Crippen molar-refractivity contribution in [3.63, 3.8) is 0 Å². The molecule has 214 valence electrons. The summed E-state index contributed by atoms with van der Waals surface area (Å²) >= 11 is 0. The van der Waals surface area contributed by atoms with E-state index in [9.17, 15) is 0 Å². The molecule has 0 bridgehead atoms. The van der Waals surface area contributed by atoms with Crippen molar-refractivity contribution in [3.8, 4) is 11.4 Å². The van der Waals surface area contributed by atoms with Gasteiger partial charge in [-0.3, -0.25) is 0 Å². The van der Waals surface area contributed by atoms with E-state index in [1.54, 1.807) is 0 Å². The predicted octanol–water partition coefficient (Wildman–Crippen LogP) is 11.7. The molecule has 0 spiro atoms. The number of fused-ring (bicyclic) bond motifs is 13. The van der Waals surface area contributed by atoms with Gasteiger partial charge in [0, 0.05) is 54.5 Å². The summed E-state index contributed by atoms with van der Waals surface area (Å²) in [5, 5.41) is 9.24. The topological polar surface area (TPSA) is 36.1 Å². The van der Waals surface area contributed by atoms with Crippen LogP contribution in [0.15, 0.2) is 154 Å². The van der Waals surface area contributed by atoms with Crippen LogP contribution in [-0.2, 0) is 0 Å². The quantitative estimate of drug-likeness (QED) is 0.201. The Morgan fingerprint density at radius 1 is 0.304 bits per heavy atom. The predicted molar refractivity (Wildman–Crippen MR) is 190 cm³/mol. The number of aromatic nitrogens is 2. The fraction of sp³-hybridized carbons (Fsp3) is 0. The second-order valence-corrected chi connectivity index (χ2v) is 12.1. The van der Waals surface area contributed by atoms with Crippen molar-refractivity contribution in [1.29, 1.82) is 0 Å². The standard InChI is InChI=1S/C42H24N2O2/c1-5-13-35-27(9-1)28-10-2-6-14-36(28)43(35)25-17-21-39-33(23-25)31-19-20-32-34-24-26(18-22-40(34)46-42(32)41(31)45-39)44-37-15-7-3-11-29(37)30-12-4-8-16-38(30)44/h1-24H. The Bertz CT molecular complexity index is 2730. The number of furan rings is 2. The highest BCUT2D eigenvalue weighted by Gasteiger charge is 2.19. The van der Waals surface area contributed by atoms with E-state index in [2.05, 4.69) is 155 Å². The van der Waals surface area contributed by atoms with Gasteiger partial charge in [-0.15, -0.1) is 0 Å². The summed E-state index contributed by atoms with van der Waals surface area (Å²) in [4.78, 5) is 0. The van der Waals surface area contributed by atoms with E-state index in [1.165, 1.54) is 43.6 Å². The molecule has 46 heavy (non-hydrogen) atoms. The lowest BCUT2D eigenvalue weighted by Gasteiger charge is -2.08. The van der Waals surface area contributed by atoms with E-state index in [0.29, 0.717) is 0 Å². The van der Waals surface area contributed by atoms with Crippen molar-refractivity contribution < 1.29 is 8.83 Å². The Morgan fingerprint density at radius 3 is 1.02 bits per heavy atom. The van der Waals surface area contributed by atoms with Gasteiger partial charge in [0.05, 0.1) is 22.1 Å². The molecule has 7 aromatic carbocycles. The average Bonchev–Trinajstić information content (AvgIpc) is 3.85. The molecule has 4 aromatic heterocycles. The average molecular weight is 589 g/mol. The minimum Gasteiger partial charge on any atom is -0.452 e. The Labute approximate surface area is 261 Å². The minimum absolute atomic E-state index is 0.779. The zero-order valence-electron chi connectivity index (χ0n) is 24.6. The highest BCUT2D eigenvalue weighted by molar-refractivity contribution is 6.20. The van der Waals surface area contributed by atoms with Gasteiger partial charge >= 0.3 is 0 Å². The third-order valence-corrected chi connectivity index (χ3v) is 9.72. The van der Waals surface area contributed by atoms with Crippen LogP contribution in [0.2, 0.25) is 0 Å². The highest BCUT2D eigenvalue weighted by Crippen LogP contribution is 2.41. The third kappa shape index (κ3) is 3.07. The lowest BCUT2D eigenvalue weighted by molar-refractivity contribution is 0.633. The molecule has 0 radical (unpaired) electrons. The largest absolute Gasteiger partial charge is 0.452 e. The van der Waals surface area contributed by atoms with Gasteiger partial charge < -0.3 is 18.0 Å². The molecule has 11 aromatic rings. The molecule has 11 rings (SSSR count). The summed E-state index contributed by atoms with van der Waals surface area (Å²) in [6.07, 6.45) is 0. The van der Waals surface area contributed by atoms with Crippen molar-refractivity contribution in [2.75, 3.05) is 0 Å². The second kappa shape index (κ2) is 8.68. The lowest BCUT2D eigenvalue weighted by atomic mass is 10.1. The van der Waals surface area contributed by atoms with Crippen LogP contribution in [0.5, 0.6) is 0 Å². The molecule has 4 heterocycles. The van der Waals surface area contributed by atoms with Crippen LogP contribution in [0.25, 0.3) is 98.9 Å². The van der Waals surface area contributed by atoms with E-state index < -0.39 is 0 Å². The summed E-state index contributed by atoms with van der Waals surface area (Å²) in [6, 6.07) is 51.7. The van der Waals surface area contributed by atoms with E-state index >= 15 is 0 Å². The number of rotatable bonds is 2. The van der Waals surface area contributed by atoms with Crippen molar-refractivity contribution in [1.82, 2.24) is 9.13 Å². The summed E-state index contributed by atoms with van der Waals surface area (Å²) in [5.41, 5.74) is 10.2. The van der Waals surface area contributed by atoms with Crippen LogP contribution in [0, 0.1) is 0 Å². The molecule has 0 N–H and O–H groups in total. The highest BCUT2D eigenvalue weighted by atomic mass is 16.4. The Morgan fingerprint density at radius 2 is 0.652 bits per heavy atom. The maximum atomic E-state index is 6.55. The molecule has 4 nitrogen and oxygen atoms in total. The van der Waals surface area contributed by atoms with Gasteiger partial charge in [-0.2, -0.15) is 0 Å². The molecule has 0 fully saturated rings. The summed E-state index contributed by atoms with van der Waals surface area (Å²) in [5.74, 6) is 0. The van der Waals surface area contributed by atoms with Crippen LogP contribution >= 0.6 is 0 Å². The SMILES string of the molecule is c1ccc2c(c1)c1ccccc1n2-c1ccc2oc3c(ccc4c5cc(-n6c7ccccc7c7ccccc76)ccc5oc43)c2c1. The molecule has 0 aliphatic rings. The molecule has 0 aliphatic carbocycles. The van der Waals surface area contributed by atoms with Gasteiger partial charge in [0.25, 0.3) is 0 Å². The maximum absolute atomic E-state index is 6.55. The number of nitrogens with zero attached hydrogens (tertiary/aromatic N) is 2. The van der Waals surface area contributed by atoms with Crippen molar-refractivity contribution >= 4 is 87.5 Å². The van der Waals surface area contributed by atoms with E-state index in [-0.39, 0.29) is 0 Å². The third-order valence-electron chi connectivity index (χ3n) is 9.72. The normalized spacial score (nSPS) is 12.3. The van der Waals surface area contributed by atoms with E-state index in [4.69, 9.17) is 8.83 Å². The Balaban J connectivity index is 1.13. The van der Waals surface area contributed by atoms with E-state index in [1.807, 2.05) is 0 Å². The summed E-state index contributed by atoms with van der Waals surface area (Å²) < 4.78 is 17.8. The van der Waals surface area contributed by atoms with Gasteiger partial charge in [-0.25, -0.2) is 0 Å². The van der Waals surface area contributed by atoms with Crippen LogP contribution in [0.3, 0.4) is 0 Å². The van der Waals surface area contributed by atoms with E-state index in [0.717, 1.165) is 55.3 Å². The van der Waals surface area contributed by atoms with Crippen LogP contribution in [0.1, 0.15) is 0 Å². The van der Waals surface area contributed by atoms with Crippen molar-refractivity contribution in [2.24, 2.45) is 0 Å².